The number of carbonyl (C=O) groups excluding carboxylic acids is 1. The van der Waals surface area contributed by atoms with Crippen molar-refractivity contribution in [2.24, 2.45) is 0 Å². The lowest BCUT2D eigenvalue weighted by Gasteiger charge is -2.35. The number of rotatable bonds is 8. The van der Waals surface area contributed by atoms with E-state index in [-0.39, 0.29) is 24.6 Å². The third-order valence-electron chi connectivity index (χ3n) is 6.85. The average molecular weight is 542 g/mol. The van der Waals surface area contributed by atoms with Crippen molar-refractivity contribution in [3.05, 3.63) is 95.3 Å². The van der Waals surface area contributed by atoms with Gasteiger partial charge in [0.05, 0.1) is 25.3 Å². The van der Waals surface area contributed by atoms with Gasteiger partial charge >= 0.3 is 0 Å². The van der Waals surface area contributed by atoms with Gasteiger partial charge in [0.25, 0.3) is 0 Å². The fraction of sp³-hybridized carbons (Fsp3) is 0.308. The first-order chi connectivity index (χ1) is 18.2. The molecular formula is C26H26ClF2N7O2. The van der Waals surface area contributed by atoms with Crippen LogP contribution in [0.2, 0.25) is 5.02 Å². The van der Waals surface area contributed by atoms with Crippen LogP contribution in [0.1, 0.15) is 24.1 Å². The molecule has 198 valence electrons. The summed E-state index contributed by atoms with van der Waals surface area (Å²) in [5.41, 5.74) is -0.273. The van der Waals surface area contributed by atoms with Gasteiger partial charge in [0.1, 0.15) is 29.9 Å². The Morgan fingerprint density at radius 2 is 1.92 bits per heavy atom. The van der Waals surface area contributed by atoms with Crippen LogP contribution in [0.3, 0.4) is 0 Å². The molecule has 1 aliphatic rings. The molecule has 1 aliphatic heterocycles. The number of piperazine rings is 1. The fourth-order valence-electron chi connectivity index (χ4n) is 4.74. The van der Waals surface area contributed by atoms with Gasteiger partial charge in [-0.3, -0.25) is 14.4 Å². The van der Waals surface area contributed by atoms with E-state index in [9.17, 15) is 18.7 Å². The molecule has 1 amide bonds. The van der Waals surface area contributed by atoms with Crippen molar-refractivity contribution >= 4 is 23.2 Å². The molecule has 0 spiro atoms. The Kier molecular flexibility index (Phi) is 7.24. The van der Waals surface area contributed by atoms with Crippen LogP contribution in [-0.4, -0.2) is 60.1 Å². The van der Waals surface area contributed by atoms with E-state index in [1.165, 1.54) is 23.4 Å². The zero-order valence-corrected chi connectivity index (χ0v) is 21.3. The number of benzene rings is 2. The summed E-state index contributed by atoms with van der Waals surface area (Å²) >= 11 is 5.96. The summed E-state index contributed by atoms with van der Waals surface area (Å²) in [6.45, 7) is 3.47. The van der Waals surface area contributed by atoms with Crippen LogP contribution >= 0.6 is 11.6 Å². The average Bonchev–Trinajstić information content (AvgIpc) is 3.56. The summed E-state index contributed by atoms with van der Waals surface area (Å²) < 4.78 is 31.4. The largest absolute Gasteiger partial charge is 0.381 e. The highest BCUT2D eigenvalue weighted by atomic mass is 35.5. The predicted octanol–water partition coefficient (Wildman–Crippen LogP) is 3.40. The number of aliphatic hydroxyl groups is 1. The monoisotopic (exact) mass is 541 g/mol. The van der Waals surface area contributed by atoms with Crippen LogP contribution in [0.4, 0.5) is 14.5 Å². The summed E-state index contributed by atoms with van der Waals surface area (Å²) in [6.07, 6.45) is 6.14. The van der Waals surface area contributed by atoms with Crippen molar-refractivity contribution in [1.29, 1.82) is 0 Å². The molecule has 0 unspecified atom stereocenters. The number of carbonyl (C=O) groups is 1. The minimum atomic E-state index is -1.82. The Hall–Kier alpha value is -3.67. The van der Waals surface area contributed by atoms with Crippen LogP contribution in [0, 0.1) is 11.6 Å². The molecule has 4 aromatic rings. The van der Waals surface area contributed by atoms with Crippen molar-refractivity contribution in [2.75, 3.05) is 24.5 Å². The molecule has 2 aromatic carbocycles. The van der Waals surface area contributed by atoms with E-state index in [1.54, 1.807) is 41.0 Å². The highest BCUT2D eigenvalue weighted by Gasteiger charge is 2.41. The Morgan fingerprint density at radius 1 is 1.13 bits per heavy atom. The van der Waals surface area contributed by atoms with Crippen molar-refractivity contribution in [3.8, 4) is 0 Å². The van der Waals surface area contributed by atoms with Crippen LogP contribution in [0.15, 0.2) is 67.5 Å². The number of hydrogen-bond acceptors (Lipinski definition) is 6. The van der Waals surface area contributed by atoms with Crippen LogP contribution in [0.25, 0.3) is 0 Å². The second kappa shape index (κ2) is 10.6. The van der Waals surface area contributed by atoms with E-state index in [1.807, 2.05) is 17.0 Å². The Bertz CT molecular complexity index is 1410. The van der Waals surface area contributed by atoms with E-state index in [2.05, 4.69) is 15.2 Å². The maximum absolute atomic E-state index is 14.9. The first-order valence-electron chi connectivity index (χ1n) is 12.0. The van der Waals surface area contributed by atoms with Gasteiger partial charge in [0.2, 0.25) is 5.91 Å². The van der Waals surface area contributed by atoms with Crippen LogP contribution < -0.4 is 4.90 Å². The first-order valence-corrected chi connectivity index (χ1v) is 12.4. The molecule has 38 heavy (non-hydrogen) atoms. The third kappa shape index (κ3) is 5.31. The molecule has 0 aliphatic carbocycles. The maximum atomic E-state index is 14.9. The number of hydrogen-bond donors (Lipinski definition) is 1. The Morgan fingerprint density at radius 3 is 2.61 bits per heavy atom. The normalized spacial score (nSPS) is 17.0. The quantitative estimate of drug-likeness (QED) is 0.367. The van der Waals surface area contributed by atoms with E-state index in [4.69, 9.17) is 11.6 Å². The highest BCUT2D eigenvalue weighted by molar-refractivity contribution is 6.30. The number of amides is 1. The smallest absolute Gasteiger partial charge is 0.241 e. The van der Waals surface area contributed by atoms with Gasteiger partial charge in [-0.2, -0.15) is 10.2 Å². The zero-order chi connectivity index (χ0) is 26.9. The molecule has 12 heteroatoms. The van der Waals surface area contributed by atoms with Gasteiger partial charge in [0.15, 0.2) is 0 Å². The number of aromatic nitrogens is 5. The zero-order valence-electron chi connectivity index (χ0n) is 20.6. The summed E-state index contributed by atoms with van der Waals surface area (Å²) in [5.74, 6) is -1.63. The SMILES string of the molecule is C[C@@H](n1cc(CN2CCN(c3ccc(Cl)cc3)C(=O)C2)cn1)[C@](O)(Cn1cncn1)c1ccc(F)cc1F. The summed E-state index contributed by atoms with van der Waals surface area (Å²) in [4.78, 5) is 20.5. The number of halogens is 3. The number of nitrogens with zero attached hydrogens (tertiary/aromatic N) is 7. The van der Waals surface area contributed by atoms with Gasteiger partial charge in [-0.15, -0.1) is 0 Å². The highest BCUT2D eigenvalue weighted by Crippen LogP contribution is 2.36. The van der Waals surface area contributed by atoms with E-state index in [0.717, 1.165) is 23.4 Å². The van der Waals surface area contributed by atoms with Gasteiger partial charge in [-0.1, -0.05) is 17.7 Å². The lowest BCUT2D eigenvalue weighted by atomic mass is 9.86. The molecule has 1 N–H and O–H groups in total. The topological polar surface area (TPSA) is 92.3 Å². The van der Waals surface area contributed by atoms with E-state index < -0.39 is 23.3 Å². The molecular weight excluding hydrogens is 516 g/mol. The van der Waals surface area contributed by atoms with Crippen LogP contribution in [0.5, 0.6) is 0 Å². The molecule has 0 bridgehead atoms. The molecule has 1 saturated heterocycles. The third-order valence-corrected chi connectivity index (χ3v) is 7.11. The number of anilines is 1. The molecule has 9 nitrogen and oxygen atoms in total. The minimum Gasteiger partial charge on any atom is -0.381 e. The van der Waals surface area contributed by atoms with Crippen LogP contribution in [-0.2, 0) is 23.5 Å². The standard InChI is InChI=1S/C26H26ClF2N7O2/c1-18(26(38,15-34-17-30-16-32-34)23-7-4-21(28)10-24(23)29)36-13-19(11-31-36)12-33-8-9-35(25(37)14-33)22-5-2-20(27)3-6-22/h2-7,10-11,13,16-18,38H,8-9,12,14-15H2,1H3/t18-,26-/m1/s1. The summed E-state index contributed by atoms with van der Waals surface area (Å²) in [6, 6.07) is 9.48. The molecule has 0 radical (unpaired) electrons. The summed E-state index contributed by atoms with van der Waals surface area (Å²) in [5, 5.41) is 20.9. The lowest BCUT2D eigenvalue weighted by molar-refractivity contribution is -0.121. The van der Waals surface area contributed by atoms with Crippen molar-refractivity contribution in [3.63, 3.8) is 0 Å². The molecule has 2 aromatic heterocycles. The van der Waals surface area contributed by atoms with Crippen molar-refractivity contribution in [2.45, 2.75) is 31.7 Å². The van der Waals surface area contributed by atoms with E-state index >= 15 is 0 Å². The fourth-order valence-corrected chi connectivity index (χ4v) is 4.87. The van der Waals surface area contributed by atoms with Gasteiger partial charge in [0, 0.05) is 53.7 Å². The van der Waals surface area contributed by atoms with Crippen molar-refractivity contribution < 1.29 is 18.7 Å². The maximum Gasteiger partial charge on any atom is 0.241 e. The van der Waals surface area contributed by atoms with Gasteiger partial charge < -0.3 is 10.0 Å². The summed E-state index contributed by atoms with van der Waals surface area (Å²) in [7, 11) is 0. The first kappa shape index (κ1) is 26.0. The molecule has 0 saturated carbocycles. The Labute approximate surface area is 222 Å². The molecule has 5 rings (SSSR count). The molecule has 3 heterocycles. The lowest BCUT2D eigenvalue weighted by Crippen LogP contribution is -2.50. The van der Waals surface area contributed by atoms with Crippen molar-refractivity contribution in [1.82, 2.24) is 29.4 Å². The van der Waals surface area contributed by atoms with Gasteiger partial charge in [-0.25, -0.2) is 18.4 Å². The van der Waals surface area contributed by atoms with E-state index in [0.29, 0.717) is 24.7 Å². The predicted molar refractivity (Wildman–Crippen MR) is 136 cm³/mol. The minimum absolute atomic E-state index is 0.0201. The molecule has 2 atom stereocenters. The molecule has 1 fully saturated rings. The van der Waals surface area contributed by atoms with Gasteiger partial charge in [-0.05, 0) is 37.3 Å². The second-order valence-electron chi connectivity index (χ2n) is 9.38. The Balaban J connectivity index is 1.32. The second-order valence-corrected chi connectivity index (χ2v) is 9.81.